The predicted octanol–water partition coefficient (Wildman–Crippen LogP) is 0.108. The maximum Gasteiger partial charge on any atom is 0.290 e. The molecule has 0 radical (unpaired) electrons. The molecule has 0 aromatic carbocycles. The molecule has 3 saturated heterocycles. The van der Waals surface area contributed by atoms with Crippen molar-refractivity contribution in [2.24, 2.45) is 0 Å². The van der Waals surface area contributed by atoms with Crippen molar-refractivity contribution >= 4 is 11.7 Å². The van der Waals surface area contributed by atoms with Crippen LogP contribution in [0.5, 0.6) is 0 Å². The van der Waals surface area contributed by atoms with Gasteiger partial charge in [0.15, 0.2) is 0 Å². The van der Waals surface area contributed by atoms with Gasteiger partial charge in [-0.25, -0.2) is 0 Å². The van der Waals surface area contributed by atoms with Crippen molar-refractivity contribution < 1.29 is 14.3 Å². The van der Waals surface area contributed by atoms with Gasteiger partial charge in [0.1, 0.15) is 0 Å². The van der Waals surface area contributed by atoms with Crippen molar-refractivity contribution in [1.82, 2.24) is 4.90 Å². The summed E-state index contributed by atoms with van der Waals surface area (Å²) in [6, 6.07) is 0.188. The number of amides is 1. The van der Waals surface area contributed by atoms with E-state index in [1.807, 2.05) is 0 Å². The fourth-order valence-corrected chi connectivity index (χ4v) is 2.85. The van der Waals surface area contributed by atoms with Gasteiger partial charge in [-0.1, -0.05) is 0 Å². The first-order valence-corrected chi connectivity index (χ1v) is 5.25. The molecule has 0 saturated carbocycles. The fourth-order valence-electron chi connectivity index (χ4n) is 2.85. The van der Waals surface area contributed by atoms with Crippen LogP contribution in [0.4, 0.5) is 0 Å². The van der Waals surface area contributed by atoms with E-state index in [0.717, 1.165) is 19.3 Å². The largest absolute Gasteiger partial charge is 0.373 e. The first kappa shape index (κ1) is 8.41. The quantitative estimate of drug-likeness (QED) is 0.558. The minimum Gasteiger partial charge on any atom is -0.373 e. The molecule has 1 amide bonds. The Hall–Kier alpha value is -0.900. The molecule has 0 aliphatic carbocycles. The van der Waals surface area contributed by atoms with Crippen LogP contribution in [0.1, 0.15) is 25.7 Å². The van der Waals surface area contributed by atoms with E-state index >= 15 is 0 Å². The number of carbonyl (C=O) groups excluding carboxylic acids is 2. The topological polar surface area (TPSA) is 46.6 Å². The van der Waals surface area contributed by atoms with E-state index in [9.17, 15) is 9.59 Å². The second-order valence-electron chi connectivity index (χ2n) is 4.35. The van der Waals surface area contributed by atoms with Crippen LogP contribution in [-0.4, -0.2) is 41.4 Å². The summed E-state index contributed by atoms with van der Waals surface area (Å²) in [5.74, 6) is -0.515. The van der Waals surface area contributed by atoms with E-state index in [2.05, 4.69) is 0 Å². The van der Waals surface area contributed by atoms with Crippen molar-refractivity contribution in [3.8, 4) is 0 Å². The molecule has 3 aliphatic heterocycles. The normalized spacial score (nSPS) is 41.4. The van der Waals surface area contributed by atoms with Gasteiger partial charge in [-0.15, -0.1) is 0 Å². The Kier molecular flexibility index (Phi) is 1.68. The Morgan fingerprint density at radius 2 is 2.14 bits per heavy atom. The lowest BCUT2D eigenvalue weighted by atomic mass is 9.94. The summed E-state index contributed by atoms with van der Waals surface area (Å²) in [6.07, 6.45) is 4.05. The van der Waals surface area contributed by atoms with Crippen LogP contribution in [0.3, 0.4) is 0 Å². The summed E-state index contributed by atoms with van der Waals surface area (Å²) >= 11 is 0. The minimum atomic E-state index is -0.286. The van der Waals surface area contributed by atoms with Gasteiger partial charge in [-0.2, -0.15) is 0 Å². The van der Waals surface area contributed by atoms with Gasteiger partial charge in [0.05, 0.1) is 18.2 Å². The highest BCUT2D eigenvalue weighted by Crippen LogP contribution is 2.38. The van der Waals surface area contributed by atoms with Crippen LogP contribution >= 0.6 is 0 Å². The van der Waals surface area contributed by atoms with Gasteiger partial charge < -0.3 is 9.64 Å². The van der Waals surface area contributed by atoms with Gasteiger partial charge >= 0.3 is 0 Å². The lowest BCUT2D eigenvalue weighted by molar-refractivity contribution is -0.141. The van der Waals surface area contributed by atoms with Crippen LogP contribution in [-0.2, 0) is 14.3 Å². The first-order valence-electron chi connectivity index (χ1n) is 5.25. The molecule has 2 bridgehead atoms. The number of ether oxygens (including phenoxy) is 1. The lowest BCUT2D eigenvalue weighted by Gasteiger charge is -2.28. The third-order valence-electron chi connectivity index (χ3n) is 3.55. The summed E-state index contributed by atoms with van der Waals surface area (Å²) in [4.78, 5) is 24.3. The highest BCUT2D eigenvalue weighted by molar-refractivity contribution is 6.37. The molecule has 14 heavy (non-hydrogen) atoms. The zero-order valence-electron chi connectivity index (χ0n) is 7.94. The number of ketones is 1. The van der Waals surface area contributed by atoms with Crippen LogP contribution in [0, 0.1) is 0 Å². The number of rotatable bonds is 1. The standard InChI is InChI=1S/C10H13NO3/c12-8-3-4-11(10(8)13)7-5-6-1-2-9(7)14-6/h6-7,9H,1-5H2. The molecule has 0 spiro atoms. The number of Topliss-reactive ketones (excluding diaryl/α,β-unsaturated/α-hetero) is 1. The van der Waals surface area contributed by atoms with E-state index in [-0.39, 0.29) is 23.8 Å². The average Bonchev–Trinajstić information content (AvgIpc) is 2.84. The molecule has 0 aromatic rings. The van der Waals surface area contributed by atoms with E-state index in [1.165, 1.54) is 0 Å². The van der Waals surface area contributed by atoms with Crippen molar-refractivity contribution in [3.63, 3.8) is 0 Å². The van der Waals surface area contributed by atoms with Crippen LogP contribution < -0.4 is 0 Å². The number of nitrogens with zero attached hydrogens (tertiary/aromatic N) is 1. The summed E-state index contributed by atoms with van der Waals surface area (Å²) in [5, 5.41) is 0. The second-order valence-corrected chi connectivity index (χ2v) is 4.35. The van der Waals surface area contributed by atoms with Crippen LogP contribution in [0.2, 0.25) is 0 Å². The molecule has 3 fully saturated rings. The van der Waals surface area contributed by atoms with E-state index in [0.29, 0.717) is 19.1 Å². The second kappa shape index (κ2) is 2.79. The van der Waals surface area contributed by atoms with E-state index in [1.54, 1.807) is 4.90 Å². The molecule has 3 atom stereocenters. The zero-order valence-corrected chi connectivity index (χ0v) is 7.94. The average molecular weight is 195 g/mol. The molecule has 3 unspecified atom stereocenters. The van der Waals surface area contributed by atoms with Crippen molar-refractivity contribution in [2.75, 3.05) is 6.54 Å². The minimum absolute atomic E-state index is 0.188. The molecule has 4 heteroatoms. The number of fused-ring (bicyclic) bond motifs is 2. The van der Waals surface area contributed by atoms with Gasteiger partial charge in [0.25, 0.3) is 5.91 Å². The Morgan fingerprint density at radius 3 is 2.64 bits per heavy atom. The molecule has 3 heterocycles. The Morgan fingerprint density at radius 1 is 1.29 bits per heavy atom. The summed E-state index contributed by atoms with van der Waals surface area (Å²) in [7, 11) is 0. The summed E-state index contributed by atoms with van der Waals surface area (Å²) in [6.45, 7) is 0.606. The SMILES string of the molecule is O=C1CCN(C2CC3CCC2O3)C1=O. The molecule has 4 nitrogen and oxygen atoms in total. The predicted molar refractivity (Wildman–Crippen MR) is 47.6 cm³/mol. The third kappa shape index (κ3) is 1.03. The maximum atomic E-state index is 11.5. The highest BCUT2D eigenvalue weighted by Gasteiger charge is 2.47. The number of likely N-dealkylation sites (tertiary alicyclic amines) is 1. The molecule has 0 N–H and O–H groups in total. The first-order chi connectivity index (χ1) is 6.75. The van der Waals surface area contributed by atoms with Crippen LogP contribution in [0.15, 0.2) is 0 Å². The zero-order chi connectivity index (χ0) is 9.71. The Labute approximate surface area is 82.2 Å². The van der Waals surface area contributed by atoms with E-state index < -0.39 is 0 Å². The van der Waals surface area contributed by atoms with Gasteiger partial charge in [0, 0.05) is 13.0 Å². The molecular formula is C10H13NO3. The van der Waals surface area contributed by atoms with E-state index in [4.69, 9.17) is 4.74 Å². The number of hydrogen-bond donors (Lipinski definition) is 0. The Bertz CT molecular complexity index is 302. The van der Waals surface area contributed by atoms with Crippen molar-refractivity contribution in [1.29, 1.82) is 0 Å². The smallest absolute Gasteiger partial charge is 0.290 e. The van der Waals surface area contributed by atoms with Crippen molar-refractivity contribution in [3.05, 3.63) is 0 Å². The van der Waals surface area contributed by atoms with Gasteiger partial charge in [0.2, 0.25) is 5.78 Å². The van der Waals surface area contributed by atoms with Crippen LogP contribution in [0.25, 0.3) is 0 Å². The fraction of sp³-hybridized carbons (Fsp3) is 0.800. The monoisotopic (exact) mass is 195 g/mol. The molecular weight excluding hydrogens is 182 g/mol. The molecule has 0 aromatic heterocycles. The highest BCUT2D eigenvalue weighted by atomic mass is 16.5. The molecule has 76 valence electrons. The van der Waals surface area contributed by atoms with Crippen molar-refractivity contribution in [2.45, 2.75) is 43.9 Å². The maximum absolute atomic E-state index is 11.5. The molecule has 3 aliphatic rings. The lowest BCUT2D eigenvalue weighted by Crippen LogP contribution is -2.43. The van der Waals surface area contributed by atoms with Gasteiger partial charge in [-0.3, -0.25) is 9.59 Å². The van der Waals surface area contributed by atoms with Gasteiger partial charge in [-0.05, 0) is 19.3 Å². The number of hydrogen-bond acceptors (Lipinski definition) is 3. The third-order valence-corrected chi connectivity index (χ3v) is 3.55. The summed E-state index contributed by atoms with van der Waals surface area (Å²) < 4.78 is 5.68. The number of carbonyl (C=O) groups is 2. The molecule has 3 rings (SSSR count). The summed E-state index contributed by atoms with van der Waals surface area (Å²) in [5.41, 5.74) is 0. The Balaban J connectivity index is 1.78.